The monoisotopic (exact) mass is 254 g/mol. The van der Waals surface area contributed by atoms with Crippen LogP contribution in [0.3, 0.4) is 0 Å². The normalized spacial score (nSPS) is 11.8. The molecule has 0 aliphatic carbocycles. The maximum absolute atomic E-state index is 11.3. The second-order valence-corrected chi connectivity index (χ2v) is 3.74. The molecule has 5 nitrogen and oxygen atoms in total. The summed E-state index contributed by atoms with van der Waals surface area (Å²) in [5.74, 6) is -0.0892. The highest BCUT2D eigenvalue weighted by molar-refractivity contribution is 5.79. The van der Waals surface area contributed by atoms with Crippen LogP contribution in [-0.4, -0.2) is 32.4 Å². The lowest BCUT2D eigenvalue weighted by Crippen LogP contribution is -2.13. The number of ether oxygens (including phenoxy) is 3. The Morgan fingerprint density at radius 2 is 1.67 bits per heavy atom. The van der Waals surface area contributed by atoms with Crippen LogP contribution in [0.1, 0.15) is 24.8 Å². The van der Waals surface area contributed by atoms with Crippen molar-refractivity contribution in [2.45, 2.75) is 19.3 Å². The Morgan fingerprint density at radius 1 is 1.17 bits per heavy atom. The Hall–Kier alpha value is -1.91. The van der Waals surface area contributed by atoms with E-state index in [0.717, 1.165) is 0 Å². The molecule has 1 atom stereocenters. The maximum Gasteiger partial charge on any atom is 0.311 e. The lowest BCUT2D eigenvalue weighted by Gasteiger charge is -2.19. The van der Waals surface area contributed by atoms with Crippen molar-refractivity contribution >= 4 is 5.97 Å². The summed E-state index contributed by atoms with van der Waals surface area (Å²) in [4.78, 5) is 11.3. The van der Waals surface area contributed by atoms with Crippen molar-refractivity contribution in [3.05, 3.63) is 17.7 Å². The van der Waals surface area contributed by atoms with Crippen molar-refractivity contribution in [1.82, 2.24) is 0 Å². The SMILES string of the molecule is CCC(C(=O)O)c1c(OC)cc(OC)cc1OC. The number of carboxylic acid groups (broad SMARTS) is 1. The fourth-order valence-corrected chi connectivity index (χ4v) is 1.88. The van der Waals surface area contributed by atoms with Crippen LogP contribution in [0.4, 0.5) is 0 Å². The van der Waals surface area contributed by atoms with E-state index in [1.165, 1.54) is 21.3 Å². The van der Waals surface area contributed by atoms with Crippen molar-refractivity contribution in [2.24, 2.45) is 0 Å². The molecule has 0 radical (unpaired) electrons. The van der Waals surface area contributed by atoms with E-state index in [-0.39, 0.29) is 0 Å². The molecule has 18 heavy (non-hydrogen) atoms. The molecule has 5 heteroatoms. The first-order chi connectivity index (χ1) is 8.58. The molecule has 0 fully saturated rings. The van der Waals surface area contributed by atoms with E-state index < -0.39 is 11.9 Å². The van der Waals surface area contributed by atoms with Crippen molar-refractivity contribution < 1.29 is 24.1 Å². The van der Waals surface area contributed by atoms with E-state index in [1.807, 2.05) is 6.92 Å². The summed E-state index contributed by atoms with van der Waals surface area (Å²) in [5.41, 5.74) is 0.538. The van der Waals surface area contributed by atoms with Gasteiger partial charge in [0.05, 0.1) is 32.8 Å². The molecule has 0 bridgehead atoms. The van der Waals surface area contributed by atoms with E-state index in [0.29, 0.717) is 29.2 Å². The molecule has 0 aliphatic rings. The van der Waals surface area contributed by atoms with E-state index in [4.69, 9.17) is 14.2 Å². The molecule has 0 saturated heterocycles. The Bertz CT molecular complexity index is 402. The molecule has 1 N–H and O–H groups in total. The van der Waals surface area contributed by atoms with E-state index in [1.54, 1.807) is 12.1 Å². The Kier molecular flexibility index (Phi) is 4.83. The zero-order valence-corrected chi connectivity index (χ0v) is 11.0. The second kappa shape index (κ2) is 6.14. The molecule has 0 saturated carbocycles. The number of aliphatic carboxylic acids is 1. The number of carboxylic acids is 1. The fourth-order valence-electron chi connectivity index (χ4n) is 1.88. The van der Waals surface area contributed by atoms with Crippen LogP contribution in [0.25, 0.3) is 0 Å². The van der Waals surface area contributed by atoms with Crippen LogP contribution in [0.15, 0.2) is 12.1 Å². The third-order valence-electron chi connectivity index (χ3n) is 2.81. The van der Waals surface area contributed by atoms with Gasteiger partial charge in [-0.3, -0.25) is 4.79 Å². The van der Waals surface area contributed by atoms with Gasteiger partial charge >= 0.3 is 5.97 Å². The highest BCUT2D eigenvalue weighted by atomic mass is 16.5. The van der Waals surface area contributed by atoms with Crippen molar-refractivity contribution in [1.29, 1.82) is 0 Å². The number of rotatable bonds is 6. The smallest absolute Gasteiger partial charge is 0.311 e. The van der Waals surface area contributed by atoms with Crippen molar-refractivity contribution in [3.8, 4) is 17.2 Å². The predicted molar refractivity (Wildman–Crippen MR) is 66.8 cm³/mol. The average Bonchev–Trinajstić information content (AvgIpc) is 2.38. The van der Waals surface area contributed by atoms with Crippen LogP contribution in [0.2, 0.25) is 0 Å². The number of benzene rings is 1. The van der Waals surface area contributed by atoms with Gasteiger partial charge in [0, 0.05) is 12.1 Å². The summed E-state index contributed by atoms with van der Waals surface area (Å²) in [6, 6.07) is 3.31. The van der Waals surface area contributed by atoms with Crippen LogP contribution < -0.4 is 14.2 Å². The van der Waals surface area contributed by atoms with E-state index >= 15 is 0 Å². The highest BCUT2D eigenvalue weighted by Crippen LogP contribution is 2.40. The topological polar surface area (TPSA) is 65.0 Å². The van der Waals surface area contributed by atoms with Crippen molar-refractivity contribution in [2.75, 3.05) is 21.3 Å². The molecule has 0 aromatic heterocycles. The van der Waals surface area contributed by atoms with Crippen LogP contribution >= 0.6 is 0 Å². The number of hydrogen-bond donors (Lipinski definition) is 1. The number of carbonyl (C=O) groups is 1. The predicted octanol–water partition coefficient (Wildman–Crippen LogP) is 2.29. The van der Waals surface area contributed by atoms with Gasteiger partial charge in [-0.2, -0.15) is 0 Å². The van der Waals surface area contributed by atoms with Crippen LogP contribution in [0, 0.1) is 0 Å². The summed E-state index contributed by atoms with van der Waals surface area (Å²) in [6.07, 6.45) is 0.453. The molecule has 1 aromatic rings. The van der Waals surface area contributed by atoms with Crippen LogP contribution in [-0.2, 0) is 4.79 Å². The van der Waals surface area contributed by atoms with Gasteiger partial charge in [-0.25, -0.2) is 0 Å². The highest BCUT2D eigenvalue weighted by Gasteiger charge is 2.26. The minimum absolute atomic E-state index is 0.453. The summed E-state index contributed by atoms with van der Waals surface area (Å²) in [7, 11) is 4.51. The molecule has 1 rings (SSSR count). The molecular formula is C13H18O5. The number of methoxy groups -OCH3 is 3. The first-order valence-corrected chi connectivity index (χ1v) is 5.61. The lowest BCUT2D eigenvalue weighted by molar-refractivity contribution is -0.138. The molecule has 0 amide bonds. The molecule has 0 aliphatic heterocycles. The molecule has 1 unspecified atom stereocenters. The van der Waals surface area contributed by atoms with Gasteiger partial charge in [0.2, 0.25) is 0 Å². The summed E-state index contributed by atoms with van der Waals surface area (Å²) in [6.45, 7) is 1.81. The second-order valence-electron chi connectivity index (χ2n) is 3.74. The largest absolute Gasteiger partial charge is 0.496 e. The molecule has 0 heterocycles. The summed E-state index contributed by atoms with van der Waals surface area (Å²) >= 11 is 0. The number of hydrogen-bond acceptors (Lipinski definition) is 4. The van der Waals surface area contributed by atoms with Gasteiger partial charge in [0.25, 0.3) is 0 Å². The average molecular weight is 254 g/mol. The first kappa shape index (κ1) is 14.2. The van der Waals surface area contributed by atoms with Gasteiger partial charge in [0.1, 0.15) is 17.2 Å². The minimum atomic E-state index is -0.903. The third kappa shape index (κ3) is 2.67. The molecular weight excluding hydrogens is 236 g/mol. The maximum atomic E-state index is 11.3. The molecule has 0 spiro atoms. The van der Waals surface area contributed by atoms with Gasteiger partial charge in [0.15, 0.2) is 0 Å². The Balaban J connectivity index is 3.43. The van der Waals surface area contributed by atoms with Gasteiger partial charge in [-0.1, -0.05) is 6.92 Å². The van der Waals surface area contributed by atoms with Crippen LogP contribution in [0.5, 0.6) is 17.2 Å². The van der Waals surface area contributed by atoms with Gasteiger partial charge < -0.3 is 19.3 Å². The van der Waals surface area contributed by atoms with Gasteiger partial charge in [-0.05, 0) is 6.42 Å². The zero-order chi connectivity index (χ0) is 13.7. The standard InChI is InChI=1S/C13H18O5/c1-5-9(13(14)15)12-10(17-3)6-8(16-2)7-11(12)18-4/h6-7,9H,5H2,1-4H3,(H,14,15). The molecule has 1 aromatic carbocycles. The quantitative estimate of drug-likeness (QED) is 0.843. The van der Waals surface area contributed by atoms with Gasteiger partial charge in [-0.15, -0.1) is 0 Å². The third-order valence-corrected chi connectivity index (χ3v) is 2.81. The van der Waals surface area contributed by atoms with E-state index in [2.05, 4.69) is 0 Å². The molecule has 100 valence electrons. The van der Waals surface area contributed by atoms with E-state index in [9.17, 15) is 9.90 Å². The van der Waals surface area contributed by atoms with Crippen molar-refractivity contribution in [3.63, 3.8) is 0 Å². The minimum Gasteiger partial charge on any atom is -0.496 e. The lowest BCUT2D eigenvalue weighted by atomic mass is 9.94. The zero-order valence-electron chi connectivity index (χ0n) is 11.0. The summed E-state index contributed by atoms with van der Waals surface area (Å²) < 4.78 is 15.6. The Labute approximate surface area is 106 Å². The first-order valence-electron chi connectivity index (χ1n) is 5.61. The Morgan fingerprint density at radius 3 is 1.94 bits per heavy atom. The summed E-state index contributed by atoms with van der Waals surface area (Å²) in [5, 5.41) is 9.25. The fraction of sp³-hybridized carbons (Fsp3) is 0.462.